The zero-order valence-corrected chi connectivity index (χ0v) is 9.86. The molecule has 1 atom stereocenters. The largest absolute Gasteiger partial charge is 0.380 e. The summed E-state index contributed by atoms with van der Waals surface area (Å²) in [5.41, 5.74) is 1.27. The summed E-state index contributed by atoms with van der Waals surface area (Å²) in [4.78, 5) is 0. The van der Waals surface area contributed by atoms with Crippen molar-refractivity contribution in [2.75, 3.05) is 20.3 Å². The second-order valence-corrected chi connectivity index (χ2v) is 3.63. The molecule has 1 rings (SSSR count). The second kappa shape index (κ2) is 6.58. The zero-order valence-electron chi connectivity index (χ0n) is 9.86. The molecule has 0 saturated carbocycles. The molecule has 86 valence electrons. The summed E-state index contributed by atoms with van der Waals surface area (Å²) in [6.45, 7) is 3.59. The Hall–Kier alpha value is -0.870. The van der Waals surface area contributed by atoms with E-state index in [1.54, 1.807) is 0 Å². The van der Waals surface area contributed by atoms with Crippen LogP contribution in [0.1, 0.15) is 19.0 Å². The molecule has 4 nitrogen and oxygen atoms in total. The van der Waals surface area contributed by atoms with E-state index >= 15 is 0 Å². The molecule has 1 N–H and O–H groups in total. The lowest BCUT2D eigenvalue weighted by molar-refractivity contribution is 0.122. The molecule has 0 spiro atoms. The second-order valence-electron chi connectivity index (χ2n) is 3.63. The Morgan fingerprint density at radius 3 is 2.93 bits per heavy atom. The van der Waals surface area contributed by atoms with Gasteiger partial charge in [-0.1, -0.05) is 0 Å². The first-order valence-corrected chi connectivity index (χ1v) is 5.49. The molecule has 0 radical (unpaired) electrons. The topological polar surface area (TPSA) is 39.1 Å². The van der Waals surface area contributed by atoms with E-state index in [1.807, 2.05) is 31.9 Å². The van der Waals surface area contributed by atoms with Gasteiger partial charge in [-0.3, -0.25) is 4.68 Å². The SMILES string of the molecule is CCOCC(CCc1ccnn1C)NC. The number of nitrogens with zero attached hydrogens (tertiary/aromatic N) is 2. The molecule has 4 heteroatoms. The van der Waals surface area contributed by atoms with Gasteiger partial charge in [-0.15, -0.1) is 0 Å². The number of aromatic nitrogens is 2. The molecule has 0 amide bonds. The number of hydrogen-bond acceptors (Lipinski definition) is 3. The molecule has 0 aromatic carbocycles. The third-order valence-electron chi connectivity index (χ3n) is 2.60. The van der Waals surface area contributed by atoms with Crippen LogP contribution in [-0.4, -0.2) is 36.1 Å². The van der Waals surface area contributed by atoms with Crippen LogP contribution in [0.15, 0.2) is 12.3 Å². The smallest absolute Gasteiger partial charge is 0.0619 e. The molecule has 1 aromatic heterocycles. The monoisotopic (exact) mass is 211 g/mol. The summed E-state index contributed by atoms with van der Waals surface area (Å²) >= 11 is 0. The fraction of sp³-hybridized carbons (Fsp3) is 0.727. The van der Waals surface area contributed by atoms with Gasteiger partial charge in [-0.25, -0.2) is 0 Å². The Bertz CT molecular complexity index is 273. The van der Waals surface area contributed by atoms with E-state index in [0.29, 0.717) is 6.04 Å². The van der Waals surface area contributed by atoms with Crippen molar-refractivity contribution in [3.63, 3.8) is 0 Å². The highest BCUT2D eigenvalue weighted by atomic mass is 16.5. The van der Waals surface area contributed by atoms with E-state index < -0.39 is 0 Å². The van der Waals surface area contributed by atoms with Crippen molar-refractivity contribution in [3.8, 4) is 0 Å². The molecular formula is C11H21N3O. The van der Waals surface area contributed by atoms with Crippen LogP contribution in [-0.2, 0) is 18.2 Å². The molecular weight excluding hydrogens is 190 g/mol. The summed E-state index contributed by atoms with van der Waals surface area (Å²) in [5, 5.41) is 7.41. The highest BCUT2D eigenvalue weighted by molar-refractivity contribution is 5.00. The minimum atomic E-state index is 0.430. The van der Waals surface area contributed by atoms with Gasteiger partial charge in [0.15, 0.2) is 0 Å². The van der Waals surface area contributed by atoms with Gasteiger partial charge >= 0.3 is 0 Å². The quantitative estimate of drug-likeness (QED) is 0.730. The molecule has 15 heavy (non-hydrogen) atoms. The van der Waals surface area contributed by atoms with Crippen molar-refractivity contribution in [3.05, 3.63) is 18.0 Å². The van der Waals surface area contributed by atoms with E-state index in [9.17, 15) is 0 Å². The lowest BCUT2D eigenvalue weighted by Gasteiger charge is -2.15. The highest BCUT2D eigenvalue weighted by Crippen LogP contribution is 2.04. The Morgan fingerprint density at radius 2 is 2.40 bits per heavy atom. The number of hydrogen-bond donors (Lipinski definition) is 1. The molecule has 1 heterocycles. The van der Waals surface area contributed by atoms with E-state index in [0.717, 1.165) is 26.1 Å². The minimum Gasteiger partial charge on any atom is -0.380 e. The van der Waals surface area contributed by atoms with Gasteiger partial charge in [-0.2, -0.15) is 5.10 Å². The van der Waals surface area contributed by atoms with Gasteiger partial charge in [0.25, 0.3) is 0 Å². The minimum absolute atomic E-state index is 0.430. The molecule has 0 aliphatic rings. The maximum Gasteiger partial charge on any atom is 0.0619 e. The van der Waals surface area contributed by atoms with Crippen molar-refractivity contribution in [2.45, 2.75) is 25.8 Å². The standard InChI is InChI=1S/C11H21N3O/c1-4-15-9-10(12-2)5-6-11-7-8-13-14(11)3/h7-8,10,12H,4-6,9H2,1-3H3. The predicted molar refractivity (Wildman–Crippen MR) is 60.9 cm³/mol. The molecule has 1 aromatic rings. The summed E-state index contributed by atoms with van der Waals surface area (Å²) < 4.78 is 7.33. The first kappa shape index (κ1) is 12.2. The summed E-state index contributed by atoms with van der Waals surface area (Å²) in [6, 6.07) is 2.49. The number of likely N-dealkylation sites (N-methyl/N-ethyl adjacent to an activating group) is 1. The molecule has 0 aliphatic heterocycles. The maximum atomic E-state index is 5.40. The third kappa shape index (κ3) is 4.01. The Morgan fingerprint density at radius 1 is 1.60 bits per heavy atom. The van der Waals surface area contributed by atoms with Crippen LogP contribution in [0.2, 0.25) is 0 Å². The predicted octanol–water partition coefficient (Wildman–Crippen LogP) is 0.977. The average Bonchev–Trinajstić information content (AvgIpc) is 2.65. The van der Waals surface area contributed by atoms with Crippen LogP contribution in [0.3, 0.4) is 0 Å². The number of ether oxygens (including phenoxy) is 1. The first-order chi connectivity index (χ1) is 7.27. The first-order valence-electron chi connectivity index (χ1n) is 5.49. The van der Waals surface area contributed by atoms with Crippen LogP contribution in [0.5, 0.6) is 0 Å². The third-order valence-corrected chi connectivity index (χ3v) is 2.60. The van der Waals surface area contributed by atoms with Gasteiger partial charge in [0.1, 0.15) is 0 Å². The normalized spacial score (nSPS) is 13.0. The number of nitrogens with one attached hydrogen (secondary N) is 1. The molecule has 1 unspecified atom stereocenters. The van der Waals surface area contributed by atoms with Crippen LogP contribution >= 0.6 is 0 Å². The number of aryl methyl sites for hydroxylation is 2. The Labute approximate surface area is 91.6 Å². The van der Waals surface area contributed by atoms with E-state index in [-0.39, 0.29) is 0 Å². The van der Waals surface area contributed by atoms with Crippen LogP contribution in [0.4, 0.5) is 0 Å². The van der Waals surface area contributed by atoms with Gasteiger partial charge in [0.05, 0.1) is 6.61 Å². The van der Waals surface area contributed by atoms with Crippen LogP contribution in [0, 0.1) is 0 Å². The van der Waals surface area contributed by atoms with Crippen molar-refractivity contribution in [1.29, 1.82) is 0 Å². The Kier molecular flexibility index (Phi) is 5.36. The van der Waals surface area contributed by atoms with Crippen molar-refractivity contribution in [1.82, 2.24) is 15.1 Å². The van der Waals surface area contributed by atoms with Crippen molar-refractivity contribution < 1.29 is 4.74 Å². The lowest BCUT2D eigenvalue weighted by Crippen LogP contribution is -2.31. The van der Waals surface area contributed by atoms with Gasteiger partial charge in [-0.05, 0) is 32.9 Å². The van der Waals surface area contributed by atoms with E-state index in [1.165, 1.54) is 5.69 Å². The summed E-state index contributed by atoms with van der Waals surface area (Å²) in [5.74, 6) is 0. The summed E-state index contributed by atoms with van der Waals surface area (Å²) in [7, 11) is 3.96. The van der Waals surface area contributed by atoms with Crippen LogP contribution < -0.4 is 5.32 Å². The fourth-order valence-corrected chi connectivity index (χ4v) is 1.54. The Balaban J connectivity index is 2.31. The molecule has 0 aliphatic carbocycles. The highest BCUT2D eigenvalue weighted by Gasteiger charge is 2.07. The van der Waals surface area contributed by atoms with Crippen molar-refractivity contribution >= 4 is 0 Å². The van der Waals surface area contributed by atoms with Crippen molar-refractivity contribution in [2.24, 2.45) is 7.05 Å². The van der Waals surface area contributed by atoms with Crippen LogP contribution in [0.25, 0.3) is 0 Å². The van der Waals surface area contributed by atoms with E-state index in [2.05, 4.69) is 16.5 Å². The fourth-order valence-electron chi connectivity index (χ4n) is 1.54. The summed E-state index contributed by atoms with van der Waals surface area (Å²) in [6.07, 6.45) is 3.96. The zero-order chi connectivity index (χ0) is 11.1. The van der Waals surface area contributed by atoms with Gasteiger partial charge in [0.2, 0.25) is 0 Å². The maximum absolute atomic E-state index is 5.40. The molecule has 0 fully saturated rings. The van der Waals surface area contributed by atoms with Gasteiger partial charge < -0.3 is 10.1 Å². The van der Waals surface area contributed by atoms with Gasteiger partial charge in [0, 0.05) is 31.6 Å². The molecule has 0 bridgehead atoms. The average molecular weight is 211 g/mol. The number of rotatable bonds is 7. The molecule has 0 saturated heterocycles. The van der Waals surface area contributed by atoms with E-state index in [4.69, 9.17) is 4.74 Å². The lowest BCUT2D eigenvalue weighted by atomic mass is 10.1.